The van der Waals surface area contributed by atoms with Gasteiger partial charge in [0.15, 0.2) is 11.5 Å². The number of aromatic nitrogens is 2. The first-order valence-electron chi connectivity index (χ1n) is 16.1. The Morgan fingerprint density at radius 2 is 1.79 bits per heavy atom. The van der Waals surface area contributed by atoms with Gasteiger partial charge in [-0.2, -0.15) is 13.2 Å². The summed E-state index contributed by atoms with van der Waals surface area (Å²) in [6.07, 6.45) is 1.89. The van der Waals surface area contributed by atoms with Crippen LogP contribution in [0, 0.1) is 19.8 Å². The number of ether oxygens (including phenoxy) is 2. The Morgan fingerprint density at radius 1 is 1.09 bits per heavy atom. The molecule has 5 heterocycles. The minimum atomic E-state index is -4.25. The van der Waals surface area contributed by atoms with Crippen LogP contribution in [0.2, 0.25) is 0 Å². The SMILES string of the molecule is Cc1cc(S)c(CNC(=O)c2cc(-c3ccc(N4CCCCC4)nc3)c3c(c2C)OC(C)(C2CCN(CC(F)(F)F)CC2)O3)c(=O)[nH]1. The molecule has 0 spiro atoms. The van der Waals surface area contributed by atoms with E-state index in [2.05, 4.69) is 27.8 Å². The summed E-state index contributed by atoms with van der Waals surface area (Å²) in [6.45, 7) is 6.83. The van der Waals surface area contributed by atoms with Crippen molar-refractivity contribution in [1.82, 2.24) is 20.2 Å². The fourth-order valence-electron chi connectivity index (χ4n) is 6.86. The van der Waals surface area contributed by atoms with Gasteiger partial charge in [-0.1, -0.05) is 0 Å². The van der Waals surface area contributed by atoms with Crippen LogP contribution in [0.15, 0.2) is 40.2 Å². The molecule has 2 fully saturated rings. The zero-order chi connectivity index (χ0) is 33.5. The van der Waals surface area contributed by atoms with E-state index in [1.807, 2.05) is 19.1 Å². The molecule has 13 heteroatoms. The van der Waals surface area contributed by atoms with Crippen LogP contribution in [-0.2, 0) is 6.54 Å². The van der Waals surface area contributed by atoms with Crippen molar-refractivity contribution >= 4 is 24.4 Å². The monoisotopic (exact) mass is 671 g/mol. The predicted molar refractivity (Wildman–Crippen MR) is 176 cm³/mol. The van der Waals surface area contributed by atoms with Crippen molar-refractivity contribution in [3.8, 4) is 22.6 Å². The number of halogens is 3. The van der Waals surface area contributed by atoms with Gasteiger partial charge in [0.05, 0.1) is 6.54 Å². The highest BCUT2D eigenvalue weighted by atomic mass is 32.1. The molecule has 2 aromatic heterocycles. The third-order valence-corrected chi connectivity index (χ3v) is 9.88. The topological polar surface area (TPSA) is 99.8 Å². The number of benzene rings is 1. The van der Waals surface area contributed by atoms with E-state index >= 15 is 0 Å². The fraction of sp³-hybridized carbons (Fsp3) is 0.500. The Bertz CT molecular complexity index is 1700. The number of hydrogen-bond acceptors (Lipinski definition) is 8. The number of carbonyl (C=O) groups is 1. The highest BCUT2D eigenvalue weighted by Crippen LogP contribution is 2.52. The van der Waals surface area contributed by atoms with Crippen molar-refractivity contribution in [2.24, 2.45) is 5.92 Å². The number of aromatic amines is 1. The second-order valence-corrected chi connectivity index (χ2v) is 13.4. The smallest absolute Gasteiger partial charge is 0.401 e. The Balaban J connectivity index is 1.31. The summed E-state index contributed by atoms with van der Waals surface area (Å²) in [4.78, 5) is 37.9. The van der Waals surface area contributed by atoms with Crippen LogP contribution in [0.25, 0.3) is 11.1 Å². The quantitative estimate of drug-likeness (QED) is 0.264. The summed E-state index contributed by atoms with van der Waals surface area (Å²) in [5.74, 6) is 0.0444. The van der Waals surface area contributed by atoms with Crippen LogP contribution >= 0.6 is 12.6 Å². The number of aryl methyl sites for hydroxylation is 1. The molecule has 252 valence electrons. The van der Waals surface area contributed by atoms with Crippen LogP contribution in [0.3, 0.4) is 0 Å². The molecule has 1 atom stereocenters. The van der Waals surface area contributed by atoms with E-state index in [4.69, 9.17) is 14.5 Å². The molecule has 47 heavy (non-hydrogen) atoms. The Kier molecular flexibility index (Phi) is 9.23. The summed E-state index contributed by atoms with van der Waals surface area (Å²) in [5.41, 5.74) is 2.94. The molecule has 0 saturated carbocycles. The molecule has 1 aromatic carbocycles. The first-order chi connectivity index (χ1) is 22.3. The Hall–Kier alpha value is -3.71. The molecule has 3 aromatic rings. The van der Waals surface area contributed by atoms with Gasteiger partial charge in [0, 0.05) is 77.1 Å². The fourth-order valence-corrected chi connectivity index (χ4v) is 7.23. The van der Waals surface area contributed by atoms with E-state index in [1.165, 1.54) is 11.3 Å². The number of nitrogens with zero attached hydrogens (tertiary/aromatic N) is 3. The van der Waals surface area contributed by atoms with E-state index < -0.39 is 24.4 Å². The average molecular weight is 672 g/mol. The highest BCUT2D eigenvalue weighted by Gasteiger charge is 2.48. The molecule has 1 unspecified atom stereocenters. The minimum Gasteiger partial charge on any atom is -0.448 e. The highest BCUT2D eigenvalue weighted by molar-refractivity contribution is 7.80. The number of alkyl halides is 3. The van der Waals surface area contributed by atoms with Crippen LogP contribution in [0.5, 0.6) is 11.5 Å². The predicted octanol–water partition coefficient (Wildman–Crippen LogP) is 6.02. The third kappa shape index (κ3) is 7.11. The first-order valence-corrected chi connectivity index (χ1v) is 16.5. The van der Waals surface area contributed by atoms with Crippen LogP contribution in [0.4, 0.5) is 19.0 Å². The number of thiol groups is 1. The molecule has 2 N–H and O–H groups in total. The largest absolute Gasteiger partial charge is 0.448 e. The van der Waals surface area contributed by atoms with E-state index in [9.17, 15) is 22.8 Å². The zero-order valence-electron chi connectivity index (χ0n) is 26.8. The van der Waals surface area contributed by atoms with Crippen molar-refractivity contribution < 1.29 is 27.4 Å². The first kappa shape index (κ1) is 33.2. The Labute approximate surface area is 277 Å². The molecule has 6 rings (SSSR count). The van der Waals surface area contributed by atoms with Gasteiger partial charge in [-0.05, 0) is 83.3 Å². The number of anilines is 1. The molecular formula is C34H40F3N5O4S. The van der Waals surface area contributed by atoms with E-state index in [0.717, 1.165) is 37.3 Å². The lowest BCUT2D eigenvalue weighted by atomic mass is 9.89. The van der Waals surface area contributed by atoms with Gasteiger partial charge in [-0.3, -0.25) is 14.5 Å². The Morgan fingerprint density at radius 3 is 2.43 bits per heavy atom. The lowest BCUT2D eigenvalue weighted by molar-refractivity contribution is -0.159. The molecule has 1 amide bonds. The molecule has 0 bridgehead atoms. The van der Waals surface area contributed by atoms with Gasteiger partial charge >= 0.3 is 6.18 Å². The molecule has 2 saturated heterocycles. The number of hydrogen-bond donors (Lipinski definition) is 3. The van der Waals surface area contributed by atoms with Gasteiger partial charge in [-0.15, -0.1) is 12.6 Å². The van der Waals surface area contributed by atoms with E-state index in [-0.39, 0.29) is 31.1 Å². The molecule has 3 aliphatic heterocycles. The standard InChI is InChI=1S/C34H40F3N5O4S/c1-20-15-27(47)26(32(44)40-20)18-39-31(43)24-16-25(22-7-8-28(38-17-22)42-11-5-4-6-12-42)30-29(21(24)2)45-33(3,46-30)23-9-13-41(14-10-23)19-34(35,36)37/h7-8,15-17,23H,4-6,9-14,18-19H2,1-3H3,(H,39,43)(H2,40,44,47). The zero-order valence-corrected chi connectivity index (χ0v) is 27.7. The lowest BCUT2D eigenvalue weighted by Gasteiger charge is -2.39. The summed E-state index contributed by atoms with van der Waals surface area (Å²) in [5, 5.41) is 2.86. The summed E-state index contributed by atoms with van der Waals surface area (Å²) >= 11 is 4.43. The molecular weight excluding hydrogens is 631 g/mol. The van der Waals surface area contributed by atoms with Crippen molar-refractivity contribution in [2.75, 3.05) is 37.6 Å². The maximum Gasteiger partial charge on any atom is 0.401 e. The number of rotatable bonds is 7. The van der Waals surface area contributed by atoms with Crippen molar-refractivity contribution in [1.29, 1.82) is 0 Å². The van der Waals surface area contributed by atoms with Gasteiger partial charge < -0.3 is 24.7 Å². The molecule has 3 aliphatic rings. The van der Waals surface area contributed by atoms with Crippen molar-refractivity contribution in [2.45, 2.75) is 76.3 Å². The lowest BCUT2D eigenvalue weighted by Crippen LogP contribution is -2.49. The number of carbonyl (C=O) groups excluding carboxylic acids is 1. The number of fused-ring (bicyclic) bond motifs is 1. The average Bonchev–Trinajstić information content (AvgIpc) is 3.40. The minimum absolute atomic E-state index is 0.0310. The molecule has 0 aliphatic carbocycles. The second-order valence-electron chi connectivity index (χ2n) is 12.9. The van der Waals surface area contributed by atoms with Crippen molar-refractivity contribution in [3.63, 3.8) is 0 Å². The van der Waals surface area contributed by atoms with Crippen molar-refractivity contribution in [3.05, 3.63) is 63.2 Å². The summed E-state index contributed by atoms with van der Waals surface area (Å²) in [6, 6.07) is 7.40. The van der Waals surface area contributed by atoms with Crippen LogP contribution in [-0.4, -0.2) is 65.5 Å². The number of likely N-dealkylation sites (tertiary alicyclic amines) is 1. The van der Waals surface area contributed by atoms with Crippen LogP contribution < -0.4 is 25.2 Å². The maximum absolute atomic E-state index is 13.7. The van der Waals surface area contributed by atoms with E-state index in [1.54, 1.807) is 32.2 Å². The normalized spacial score (nSPS) is 20.4. The van der Waals surface area contributed by atoms with Gasteiger partial charge in [-0.25, -0.2) is 4.98 Å². The number of pyridine rings is 2. The number of nitrogens with one attached hydrogen (secondary N) is 2. The van der Waals surface area contributed by atoms with E-state index in [0.29, 0.717) is 57.2 Å². The van der Waals surface area contributed by atoms with Gasteiger partial charge in [0.2, 0.25) is 0 Å². The van der Waals surface area contributed by atoms with Crippen LogP contribution in [0.1, 0.15) is 66.2 Å². The van der Waals surface area contributed by atoms with Gasteiger partial charge in [0.1, 0.15) is 5.82 Å². The third-order valence-electron chi connectivity index (χ3n) is 9.48. The number of amides is 1. The maximum atomic E-state index is 13.7. The summed E-state index contributed by atoms with van der Waals surface area (Å²) in [7, 11) is 0. The molecule has 0 radical (unpaired) electrons. The number of H-pyrrole nitrogens is 1. The number of piperidine rings is 2. The molecule has 9 nitrogen and oxygen atoms in total. The van der Waals surface area contributed by atoms with Gasteiger partial charge in [0.25, 0.3) is 17.3 Å². The second kappa shape index (κ2) is 13.1. The summed E-state index contributed by atoms with van der Waals surface area (Å²) < 4.78 is 52.2.